The number of nitrogens with one attached hydrogen (secondary N) is 1. The molecule has 1 N–H and O–H groups in total. The summed E-state index contributed by atoms with van der Waals surface area (Å²) in [5, 5.41) is 2.81. The lowest BCUT2D eigenvalue weighted by molar-refractivity contribution is -0.121. The van der Waals surface area contributed by atoms with Gasteiger partial charge < -0.3 is 10.1 Å². The molecule has 1 saturated heterocycles. The maximum atomic E-state index is 12.2. The highest BCUT2D eigenvalue weighted by atomic mass is 32.1. The van der Waals surface area contributed by atoms with E-state index in [2.05, 4.69) is 24.9 Å². The minimum absolute atomic E-state index is 0.0242. The molecule has 0 aromatic heterocycles. The van der Waals surface area contributed by atoms with Crippen molar-refractivity contribution in [3.05, 3.63) is 35.9 Å². The number of carbonyl (C=O) groups is 1. The second kappa shape index (κ2) is 7.70. The van der Waals surface area contributed by atoms with Crippen LogP contribution in [-0.2, 0) is 16.0 Å². The van der Waals surface area contributed by atoms with Crippen molar-refractivity contribution in [3.63, 3.8) is 0 Å². The molecule has 2 atom stereocenters. The molecule has 2 unspecified atom stereocenters. The van der Waals surface area contributed by atoms with Crippen LogP contribution in [0.25, 0.3) is 0 Å². The third-order valence-corrected chi connectivity index (χ3v) is 4.33. The van der Waals surface area contributed by atoms with Gasteiger partial charge in [-0.3, -0.25) is 4.79 Å². The zero-order valence-corrected chi connectivity index (χ0v) is 12.8. The number of carbonyl (C=O) groups excluding carboxylic acids is 1. The van der Waals surface area contributed by atoms with Gasteiger partial charge in [-0.05, 0) is 37.7 Å². The van der Waals surface area contributed by atoms with Crippen LogP contribution in [0.15, 0.2) is 30.3 Å². The van der Waals surface area contributed by atoms with Crippen LogP contribution in [0.5, 0.6) is 0 Å². The Hall–Kier alpha value is -1.00. The summed E-state index contributed by atoms with van der Waals surface area (Å²) in [6.07, 6.45) is 2.71. The first-order valence-corrected chi connectivity index (χ1v) is 7.78. The molecule has 3 nitrogen and oxygen atoms in total. The van der Waals surface area contributed by atoms with Crippen LogP contribution in [0, 0.1) is 5.92 Å². The van der Waals surface area contributed by atoms with Gasteiger partial charge in [0.1, 0.15) is 0 Å². The van der Waals surface area contributed by atoms with Gasteiger partial charge in [0.15, 0.2) is 0 Å². The molecule has 1 aliphatic heterocycles. The number of benzene rings is 1. The Labute approximate surface area is 126 Å². The van der Waals surface area contributed by atoms with Gasteiger partial charge in [-0.2, -0.15) is 12.6 Å². The van der Waals surface area contributed by atoms with Crippen LogP contribution in [0.3, 0.4) is 0 Å². The Morgan fingerprint density at radius 3 is 2.65 bits per heavy atom. The van der Waals surface area contributed by atoms with E-state index in [1.165, 1.54) is 0 Å². The summed E-state index contributed by atoms with van der Waals surface area (Å²) in [5.41, 5.74) is 1.14. The van der Waals surface area contributed by atoms with Crippen LogP contribution in [0.4, 0.5) is 0 Å². The van der Waals surface area contributed by atoms with Gasteiger partial charge in [0.2, 0.25) is 5.91 Å². The highest BCUT2D eigenvalue weighted by Gasteiger charge is 2.24. The van der Waals surface area contributed by atoms with E-state index in [4.69, 9.17) is 4.74 Å². The number of hydrogen-bond donors (Lipinski definition) is 2. The Balaban J connectivity index is 1.81. The van der Waals surface area contributed by atoms with Crippen LogP contribution in [-0.4, -0.2) is 30.4 Å². The molecule has 1 aliphatic rings. The Morgan fingerprint density at radius 2 is 2.00 bits per heavy atom. The van der Waals surface area contributed by atoms with Gasteiger partial charge in [0.05, 0.1) is 5.25 Å². The SMILES string of the molecule is CC(NC(=O)C(S)Cc1ccccc1)C1CCOCC1. The molecule has 1 amide bonds. The van der Waals surface area contributed by atoms with Crippen molar-refractivity contribution < 1.29 is 9.53 Å². The Kier molecular flexibility index (Phi) is 5.92. The van der Waals surface area contributed by atoms with Crippen molar-refractivity contribution in [1.29, 1.82) is 0 Å². The maximum absolute atomic E-state index is 12.2. The predicted molar refractivity (Wildman–Crippen MR) is 84.1 cm³/mol. The summed E-state index contributed by atoms with van der Waals surface area (Å²) in [6, 6.07) is 10.2. The molecule has 1 heterocycles. The van der Waals surface area contributed by atoms with Crippen LogP contribution in [0.1, 0.15) is 25.3 Å². The summed E-state index contributed by atoms with van der Waals surface area (Å²) in [7, 11) is 0. The van der Waals surface area contributed by atoms with Crippen LogP contribution in [0.2, 0.25) is 0 Å². The summed E-state index contributed by atoms with van der Waals surface area (Å²) in [6.45, 7) is 3.69. The third kappa shape index (κ3) is 4.53. The smallest absolute Gasteiger partial charge is 0.233 e. The molecule has 1 fully saturated rings. The minimum Gasteiger partial charge on any atom is -0.381 e. The first-order chi connectivity index (χ1) is 9.66. The van der Waals surface area contributed by atoms with E-state index < -0.39 is 0 Å². The van der Waals surface area contributed by atoms with Gasteiger partial charge in [-0.15, -0.1) is 0 Å². The summed E-state index contributed by atoms with van der Waals surface area (Å²) >= 11 is 4.44. The molecule has 1 aromatic carbocycles. The molecule has 0 saturated carbocycles. The van der Waals surface area contributed by atoms with Crippen molar-refractivity contribution >= 4 is 18.5 Å². The van der Waals surface area contributed by atoms with E-state index in [0.29, 0.717) is 12.3 Å². The van der Waals surface area contributed by atoms with Crippen molar-refractivity contribution in [3.8, 4) is 0 Å². The number of rotatable bonds is 5. The van der Waals surface area contributed by atoms with E-state index in [0.717, 1.165) is 31.6 Å². The zero-order valence-electron chi connectivity index (χ0n) is 11.9. The second-order valence-electron chi connectivity index (χ2n) is 5.45. The van der Waals surface area contributed by atoms with Gasteiger partial charge in [-0.25, -0.2) is 0 Å². The Morgan fingerprint density at radius 1 is 1.35 bits per heavy atom. The van der Waals surface area contributed by atoms with Gasteiger partial charge in [0, 0.05) is 19.3 Å². The average molecular weight is 293 g/mol. The minimum atomic E-state index is -0.292. The number of thiol groups is 1. The van der Waals surface area contributed by atoms with E-state index in [9.17, 15) is 4.79 Å². The lowest BCUT2D eigenvalue weighted by atomic mass is 9.93. The van der Waals surface area contributed by atoms with Gasteiger partial charge in [-0.1, -0.05) is 30.3 Å². The maximum Gasteiger partial charge on any atom is 0.233 e. The molecule has 20 heavy (non-hydrogen) atoms. The fraction of sp³-hybridized carbons (Fsp3) is 0.562. The van der Waals surface area contributed by atoms with E-state index in [-0.39, 0.29) is 17.2 Å². The molecule has 0 radical (unpaired) electrons. The van der Waals surface area contributed by atoms with Crippen molar-refractivity contribution in [2.45, 2.75) is 37.5 Å². The Bertz CT molecular complexity index is 418. The molecular weight excluding hydrogens is 270 g/mol. The predicted octanol–water partition coefficient (Wildman–Crippen LogP) is 2.46. The van der Waals surface area contributed by atoms with Crippen LogP contribution < -0.4 is 5.32 Å². The molecule has 0 bridgehead atoms. The van der Waals surface area contributed by atoms with Crippen molar-refractivity contribution in [2.24, 2.45) is 5.92 Å². The lowest BCUT2D eigenvalue weighted by Gasteiger charge is -2.29. The topological polar surface area (TPSA) is 38.3 Å². The first kappa shape index (κ1) is 15.4. The average Bonchev–Trinajstić information content (AvgIpc) is 2.49. The second-order valence-corrected chi connectivity index (χ2v) is 6.08. The monoisotopic (exact) mass is 293 g/mol. The van der Waals surface area contributed by atoms with E-state index in [1.807, 2.05) is 30.3 Å². The van der Waals surface area contributed by atoms with Crippen molar-refractivity contribution in [1.82, 2.24) is 5.32 Å². The summed E-state index contributed by atoms with van der Waals surface area (Å²) in [4.78, 5) is 12.2. The zero-order chi connectivity index (χ0) is 14.4. The lowest BCUT2D eigenvalue weighted by Crippen LogP contribution is -2.44. The number of amides is 1. The highest BCUT2D eigenvalue weighted by Crippen LogP contribution is 2.19. The van der Waals surface area contributed by atoms with Gasteiger partial charge in [0.25, 0.3) is 0 Å². The molecule has 0 aliphatic carbocycles. The van der Waals surface area contributed by atoms with Gasteiger partial charge >= 0.3 is 0 Å². The highest BCUT2D eigenvalue weighted by molar-refractivity contribution is 7.81. The number of hydrogen-bond acceptors (Lipinski definition) is 3. The van der Waals surface area contributed by atoms with Crippen molar-refractivity contribution in [2.75, 3.05) is 13.2 Å². The fourth-order valence-corrected chi connectivity index (χ4v) is 2.87. The molecule has 0 spiro atoms. The fourth-order valence-electron chi connectivity index (χ4n) is 2.58. The third-order valence-electron chi connectivity index (χ3n) is 3.92. The van der Waals surface area contributed by atoms with E-state index >= 15 is 0 Å². The molecule has 2 rings (SSSR count). The molecule has 4 heteroatoms. The summed E-state index contributed by atoms with van der Waals surface area (Å²) in [5.74, 6) is 0.543. The standard InChI is InChI=1S/C16H23NO2S/c1-12(14-7-9-19-10-8-14)17-16(18)15(20)11-13-5-3-2-4-6-13/h2-6,12,14-15,20H,7-11H2,1H3,(H,17,18). The number of ether oxygens (including phenoxy) is 1. The normalized spacial score (nSPS) is 19.3. The quantitative estimate of drug-likeness (QED) is 0.819. The summed E-state index contributed by atoms with van der Waals surface area (Å²) < 4.78 is 5.35. The molecule has 110 valence electrons. The largest absolute Gasteiger partial charge is 0.381 e. The molecular formula is C16H23NO2S. The van der Waals surface area contributed by atoms with E-state index in [1.54, 1.807) is 0 Å². The first-order valence-electron chi connectivity index (χ1n) is 7.27. The van der Waals surface area contributed by atoms with Crippen LogP contribution >= 0.6 is 12.6 Å². The molecule has 1 aromatic rings.